The highest BCUT2D eigenvalue weighted by atomic mass is 19.3. The van der Waals surface area contributed by atoms with Crippen LogP contribution in [0.15, 0.2) is 28.9 Å². The minimum Gasteiger partial charge on any atom is -0.491 e. The quantitative estimate of drug-likeness (QED) is 0.753. The molecule has 1 aliphatic heterocycles. The van der Waals surface area contributed by atoms with Crippen molar-refractivity contribution in [2.75, 3.05) is 6.61 Å². The lowest BCUT2D eigenvalue weighted by Gasteiger charge is -2.11. The van der Waals surface area contributed by atoms with Crippen LogP contribution in [0.3, 0.4) is 0 Å². The van der Waals surface area contributed by atoms with Crippen molar-refractivity contribution in [1.29, 1.82) is 0 Å². The fourth-order valence-electron chi connectivity index (χ4n) is 2.87. The molecule has 1 aromatic carbocycles. The molecule has 1 atom stereocenters. The van der Waals surface area contributed by atoms with Gasteiger partial charge in [0.1, 0.15) is 12.4 Å². The Bertz CT molecular complexity index is 1010. The van der Waals surface area contributed by atoms with Gasteiger partial charge in [0.25, 0.3) is 11.8 Å². The average molecular weight is 375 g/mol. The summed E-state index contributed by atoms with van der Waals surface area (Å²) in [6, 6.07) is 4.72. The highest BCUT2D eigenvalue weighted by Gasteiger charge is 2.28. The van der Waals surface area contributed by atoms with Crippen LogP contribution in [0.25, 0.3) is 11.4 Å². The lowest BCUT2D eigenvalue weighted by Crippen LogP contribution is -2.29. The first-order valence-corrected chi connectivity index (χ1v) is 8.12. The smallest absolute Gasteiger partial charge is 0.315 e. The molecule has 10 heteroatoms. The average Bonchev–Trinajstić information content (AvgIpc) is 3.35. The van der Waals surface area contributed by atoms with Gasteiger partial charge in [0.15, 0.2) is 0 Å². The number of halogens is 2. The number of rotatable bonds is 4. The van der Waals surface area contributed by atoms with Gasteiger partial charge in [0.2, 0.25) is 5.82 Å². The molecular formula is C17H15F2N5O3. The number of aromatic nitrogens is 4. The molecule has 0 radical (unpaired) electrons. The maximum absolute atomic E-state index is 12.6. The molecule has 0 aliphatic carbocycles. The van der Waals surface area contributed by atoms with E-state index in [2.05, 4.69) is 25.1 Å². The van der Waals surface area contributed by atoms with Gasteiger partial charge in [0.05, 0.1) is 17.8 Å². The number of alkyl halides is 2. The molecule has 0 spiro atoms. The molecule has 3 heterocycles. The zero-order valence-corrected chi connectivity index (χ0v) is 14.4. The Balaban J connectivity index is 1.54. The van der Waals surface area contributed by atoms with E-state index in [1.165, 1.54) is 6.20 Å². The van der Waals surface area contributed by atoms with Gasteiger partial charge < -0.3 is 14.6 Å². The van der Waals surface area contributed by atoms with Crippen LogP contribution < -0.4 is 10.1 Å². The second-order valence-corrected chi connectivity index (χ2v) is 6.11. The normalized spacial score (nSPS) is 15.7. The summed E-state index contributed by atoms with van der Waals surface area (Å²) in [5, 5.41) is 10.5. The molecule has 0 saturated carbocycles. The second-order valence-electron chi connectivity index (χ2n) is 6.11. The lowest BCUT2D eigenvalue weighted by atomic mass is 10.1. The first-order chi connectivity index (χ1) is 12.9. The van der Waals surface area contributed by atoms with Gasteiger partial charge in [-0.3, -0.25) is 9.48 Å². The van der Waals surface area contributed by atoms with E-state index in [1.54, 1.807) is 29.9 Å². The van der Waals surface area contributed by atoms with Crippen LogP contribution in [0.2, 0.25) is 0 Å². The number of carbonyl (C=O) groups is 1. The van der Waals surface area contributed by atoms with Crippen LogP contribution in [-0.2, 0) is 7.05 Å². The molecule has 8 nitrogen and oxygen atoms in total. The van der Waals surface area contributed by atoms with Crippen LogP contribution in [0.4, 0.5) is 8.78 Å². The molecule has 27 heavy (non-hydrogen) atoms. The minimum atomic E-state index is -2.83. The van der Waals surface area contributed by atoms with Crippen molar-refractivity contribution < 1.29 is 22.8 Å². The van der Waals surface area contributed by atoms with E-state index in [0.29, 0.717) is 16.9 Å². The molecule has 1 aliphatic rings. The summed E-state index contributed by atoms with van der Waals surface area (Å²) in [6.45, 7) is 2.07. The molecule has 0 unspecified atom stereocenters. The van der Waals surface area contributed by atoms with Crippen LogP contribution in [0.1, 0.15) is 40.0 Å². The summed E-state index contributed by atoms with van der Waals surface area (Å²) in [5.41, 5.74) is 2.52. The van der Waals surface area contributed by atoms with E-state index in [-0.39, 0.29) is 24.4 Å². The minimum absolute atomic E-state index is 0.0511. The Kier molecular flexibility index (Phi) is 4.09. The number of carbonyl (C=O) groups excluding carboxylic acids is 1. The van der Waals surface area contributed by atoms with E-state index in [9.17, 15) is 13.6 Å². The van der Waals surface area contributed by atoms with Crippen molar-refractivity contribution in [1.82, 2.24) is 25.2 Å². The molecule has 0 fully saturated rings. The van der Waals surface area contributed by atoms with Gasteiger partial charge >= 0.3 is 6.43 Å². The first kappa shape index (κ1) is 17.1. The topological polar surface area (TPSA) is 95.1 Å². The SMILES string of the molecule is Cc1c(C(=O)N[C@@H]2COc3cc(-c4noc(C(F)F)n4)ccc32)cnn1C. The summed E-state index contributed by atoms with van der Waals surface area (Å²) in [7, 11) is 1.76. The predicted molar refractivity (Wildman–Crippen MR) is 88.3 cm³/mol. The lowest BCUT2D eigenvalue weighted by molar-refractivity contribution is 0.0929. The van der Waals surface area contributed by atoms with Crippen LogP contribution in [-0.4, -0.2) is 32.4 Å². The number of benzene rings is 1. The summed E-state index contributed by atoms with van der Waals surface area (Å²) in [5.74, 6) is -0.395. The van der Waals surface area contributed by atoms with Gasteiger partial charge in [-0.2, -0.15) is 18.9 Å². The first-order valence-electron chi connectivity index (χ1n) is 8.12. The summed E-state index contributed by atoms with van der Waals surface area (Å²) in [6.07, 6.45) is -1.31. The number of amides is 1. The Morgan fingerprint density at radius 3 is 2.89 bits per heavy atom. The number of nitrogens with zero attached hydrogens (tertiary/aromatic N) is 4. The standard InChI is InChI=1S/C17H15F2N5O3/c1-8-11(6-20-24(8)2)16(25)21-12-7-26-13-5-9(3-4-10(12)13)15-22-17(14(18)19)27-23-15/h3-6,12,14H,7H2,1-2H3,(H,21,25)/t12-/m1/s1. The van der Waals surface area contributed by atoms with Crippen molar-refractivity contribution in [3.05, 3.63) is 47.1 Å². The monoisotopic (exact) mass is 375 g/mol. The molecule has 4 rings (SSSR count). The Labute approximate surface area is 152 Å². The molecule has 0 bridgehead atoms. The zero-order valence-electron chi connectivity index (χ0n) is 14.4. The third-order valence-corrected chi connectivity index (χ3v) is 4.47. The molecule has 1 N–H and O–H groups in total. The molecule has 3 aromatic rings. The van der Waals surface area contributed by atoms with Crippen molar-refractivity contribution in [3.63, 3.8) is 0 Å². The molecule has 2 aromatic heterocycles. The number of hydrogen-bond donors (Lipinski definition) is 1. The summed E-state index contributed by atoms with van der Waals surface area (Å²) in [4.78, 5) is 16.1. The maximum atomic E-state index is 12.6. The van der Waals surface area contributed by atoms with Crippen molar-refractivity contribution >= 4 is 5.91 Å². The molecular weight excluding hydrogens is 360 g/mol. The van der Waals surface area contributed by atoms with Crippen LogP contribution in [0.5, 0.6) is 5.75 Å². The molecule has 140 valence electrons. The van der Waals surface area contributed by atoms with Gasteiger partial charge in [-0.15, -0.1) is 0 Å². The fourth-order valence-corrected chi connectivity index (χ4v) is 2.87. The number of ether oxygens (including phenoxy) is 1. The van der Waals surface area contributed by atoms with E-state index in [4.69, 9.17) is 4.74 Å². The van der Waals surface area contributed by atoms with Gasteiger partial charge in [0, 0.05) is 23.9 Å². The van der Waals surface area contributed by atoms with E-state index < -0.39 is 12.3 Å². The molecule has 0 saturated heterocycles. The Morgan fingerprint density at radius 2 is 2.22 bits per heavy atom. The third kappa shape index (κ3) is 3.03. The summed E-state index contributed by atoms with van der Waals surface area (Å²) < 4.78 is 37.0. The number of nitrogens with one attached hydrogen (secondary N) is 1. The second kappa shape index (κ2) is 6.45. The Morgan fingerprint density at radius 1 is 1.41 bits per heavy atom. The van der Waals surface area contributed by atoms with Gasteiger partial charge in [-0.05, 0) is 13.0 Å². The van der Waals surface area contributed by atoms with E-state index >= 15 is 0 Å². The Hall–Kier alpha value is -3.30. The number of aryl methyl sites for hydroxylation is 1. The molecule has 1 amide bonds. The number of fused-ring (bicyclic) bond motifs is 1. The van der Waals surface area contributed by atoms with Crippen molar-refractivity contribution in [2.45, 2.75) is 19.4 Å². The van der Waals surface area contributed by atoms with E-state index in [0.717, 1.165) is 11.3 Å². The highest BCUT2D eigenvalue weighted by Crippen LogP contribution is 2.35. The van der Waals surface area contributed by atoms with Gasteiger partial charge in [-0.25, -0.2) is 0 Å². The van der Waals surface area contributed by atoms with Crippen molar-refractivity contribution in [2.24, 2.45) is 7.05 Å². The third-order valence-electron chi connectivity index (χ3n) is 4.47. The van der Waals surface area contributed by atoms with Gasteiger partial charge in [-0.1, -0.05) is 17.3 Å². The maximum Gasteiger partial charge on any atom is 0.315 e. The highest BCUT2D eigenvalue weighted by molar-refractivity contribution is 5.95. The van der Waals surface area contributed by atoms with E-state index in [1.807, 2.05) is 6.92 Å². The van der Waals surface area contributed by atoms with Crippen LogP contribution in [0, 0.1) is 6.92 Å². The fraction of sp³-hybridized carbons (Fsp3) is 0.294. The van der Waals surface area contributed by atoms with Crippen molar-refractivity contribution in [3.8, 4) is 17.1 Å². The number of hydrogen-bond acceptors (Lipinski definition) is 6. The predicted octanol–water partition coefficient (Wildman–Crippen LogP) is 2.58. The summed E-state index contributed by atoms with van der Waals surface area (Å²) >= 11 is 0. The largest absolute Gasteiger partial charge is 0.491 e. The zero-order chi connectivity index (χ0) is 19.1. The van der Waals surface area contributed by atoms with Crippen LogP contribution >= 0.6 is 0 Å².